The second-order valence-electron chi connectivity index (χ2n) is 9.28. The van der Waals surface area contributed by atoms with E-state index in [-0.39, 0.29) is 23.3 Å². The molecule has 1 saturated heterocycles. The summed E-state index contributed by atoms with van der Waals surface area (Å²) in [5, 5.41) is 12.0. The predicted molar refractivity (Wildman–Crippen MR) is 128 cm³/mol. The van der Waals surface area contributed by atoms with E-state index in [0.717, 1.165) is 30.8 Å². The molecule has 0 radical (unpaired) electrons. The van der Waals surface area contributed by atoms with Crippen molar-refractivity contribution in [1.29, 1.82) is 0 Å². The number of aromatic nitrogens is 2. The summed E-state index contributed by atoms with van der Waals surface area (Å²) < 4.78 is 5.40. The lowest BCUT2D eigenvalue weighted by molar-refractivity contribution is -0.121. The van der Waals surface area contributed by atoms with Gasteiger partial charge in [-0.2, -0.15) is 4.98 Å². The van der Waals surface area contributed by atoms with Crippen LogP contribution in [0.2, 0.25) is 0 Å². The van der Waals surface area contributed by atoms with Crippen LogP contribution in [0, 0.1) is 5.92 Å². The summed E-state index contributed by atoms with van der Waals surface area (Å²) >= 11 is 1.58. The maximum Gasteiger partial charge on any atom is 0.253 e. The third-order valence-electron chi connectivity index (χ3n) is 5.44. The second-order valence-corrected chi connectivity index (χ2v) is 10.2. The highest BCUT2D eigenvalue weighted by Crippen LogP contribution is 2.24. The minimum Gasteiger partial charge on any atom is -0.347 e. The van der Waals surface area contributed by atoms with Crippen molar-refractivity contribution in [3.8, 4) is 10.7 Å². The minimum atomic E-state index is -0.357. The third kappa shape index (κ3) is 6.06. The first-order valence-electron chi connectivity index (χ1n) is 11.1. The van der Waals surface area contributed by atoms with Gasteiger partial charge >= 0.3 is 0 Å². The molecule has 1 fully saturated rings. The molecule has 33 heavy (non-hydrogen) atoms. The van der Waals surface area contributed by atoms with Crippen molar-refractivity contribution in [2.75, 3.05) is 18.4 Å². The monoisotopic (exact) mass is 467 g/mol. The van der Waals surface area contributed by atoms with E-state index in [0.29, 0.717) is 29.5 Å². The van der Waals surface area contributed by atoms with Gasteiger partial charge in [-0.3, -0.25) is 14.5 Å². The predicted octanol–water partition coefficient (Wildman–Crippen LogP) is 4.18. The fourth-order valence-corrected chi connectivity index (χ4v) is 4.45. The van der Waals surface area contributed by atoms with E-state index in [2.05, 4.69) is 25.7 Å². The van der Waals surface area contributed by atoms with Crippen LogP contribution >= 0.6 is 11.3 Å². The van der Waals surface area contributed by atoms with Crippen molar-refractivity contribution in [3.05, 3.63) is 53.2 Å². The van der Waals surface area contributed by atoms with Crippen LogP contribution in [0.5, 0.6) is 0 Å². The van der Waals surface area contributed by atoms with E-state index in [1.165, 1.54) is 0 Å². The number of nitrogens with zero attached hydrogens (tertiary/aromatic N) is 3. The van der Waals surface area contributed by atoms with Gasteiger partial charge < -0.3 is 15.2 Å². The number of anilines is 1. The van der Waals surface area contributed by atoms with E-state index in [4.69, 9.17) is 4.52 Å². The van der Waals surface area contributed by atoms with Crippen molar-refractivity contribution in [1.82, 2.24) is 20.4 Å². The Bertz CT molecular complexity index is 1100. The molecule has 0 atom stereocenters. The highest BCUT2D eigenvalue weighted by Gasteiger charge is 2.27. The zero-order chi connectivity index (χ0) is 23.4. The Balaban J connectivity index is 1.31. The summed E-state index contributed by atoms with van der Waals surface area (Å²) in [6.45, 7) is 7.88. The first-order chi connectivity index (χ1) is 15.8. The summed E-state index contributed by atoms with van der Waals surface area (Å²) in [6, 6.07) is 11.0. The number of carbonyl (C=O) groups excluding carboxylic acids is 2. The Kier molecular flexibility index (Phi) is 6.90. The Hall–Kier alpha value is -3.04. The Morgan fingerprint density at radius 1 is 1.15 bits per heavy atom. The molecule has 4 rings (SSSR count). The van der Waals surface area contributed by atoms with Gasteiger partial charge in [-0.25, -0.2) is 0 Å². The maximum absolute atomic E-state index is 12.9. The van der Waals surface area contributed by atoms with Crippen LogP contribution in [-0.4, -0.2) is 45.5 Å². The van der Waals surface area contributed by atoms with Crippen LogP contribution in [0.4, 0.5) is 5.69 Å². The van der Waals surface area contributed by atoms with E-state index in [1.807, 2.05) is 44.4 Å². The molecule has 1 aromatic carbocycles. The number of likely N-dealkylation sites (tertiary alicyclic amines) is 1. The summed E-state index contributed by atoms with van der Waals surface area (Å²) in [7, 11) is 0. The van der Waals surface area contributed by atoms with E-state index >= 15 is 0 Å². The van der Waals surface area contributed by atoms with Gasteiger partial charge in [0, 0.05) is 11.5 Å². The van der Waals surface area contributed by atoms with Crippen molar-refractivity contribution < 1.29 is 14.1 Å². The molecule has 3 aromatic rings. The quantitative estimate of drug-likeness (QED) is 0.564. The van der Waals surface area contributed by atoms with Gasteiger partial charge in [0.05, 0.1) is 22.7 Å². The lowest BCUT2D eigenvalue weighted by atomic mass is 9.95. The van der Waals surface area contributed by atoms with Gasteiger partial charge in [-0.15, -0.1) is 11.3 Å². The number of para-hydroxylation sites is 1. The van der Waals surface area contributed by atoms with Gasteiger partial charge in [0.2, 0.25) is 17.6 Å². The van der Waals surface area contributed by atoms with E-state index in [1.54, 1.807) is 29.5 Å². The molecule has 3 heterocycles. The van der Waals surface area contributed by atoms with Gasteiger partial charge in [0.15, 0.2) is 0 Å². The van der Waals surface area contributed by atoms with Crippen molar-refractivity contribution in [3.63, 3.8) is 0 Å². The zero-order valence-electron chi connectivity index (χ0n) is 19.1. The van der Waals surface area contributed by atoms with E-state index < -0.39 is 0 Å². The Morgan fingerprint density at radius 2 is 1.91 bits per heavy atom. The van der Waals surface area contributed by atoms with Crippen LogP contribution in [0.25, 0.3) is 10.7 Å². The molecule has 9 heteroatoms. The lowest BCUT2D eigenvalue weighted by Crippen LogP contribution is -2.41. The topological polar surface area (TPSA) is 100 Å². The molecule has 2 amide bonds. The minimum absolute atomic E-state index is 0.0524. The van der Waals surface area contributed by atoms with Crippen LogP contribution in [0.1, 0.15) is 49.9 Å². The third-order valence-corrected chi connectivity index (χ3v) is 6.31. The molecule has 8 nitrogen and oxygen atoms in total. The number of carbonyl (C=O) groups is 2. The number of rotatable bonds is 6. The molecule has 0 spiro atoms. The molecule has 0 unspecified atom stereocenters. The number of hydrogen-bond donors (Lipinski definition) is 2. The first-order valence-corrected chi connectivity index (χ1v) is 12.0. The normalized spacial score (nSPS) is 15.4. The molecule has 1 aliphatic rings. The molecule has 2 N–H and O–H groups in total. The lowest BCUT2D eigenvalue weighted by Gasteiger charge is -2.30. The second kappa shape index (κ2) is 9.84. The van der Waals surface area contributed by atoms with Crippen molar-refractivity contribution in [2.45, 2.75) is 45.7 Å². The fourth-order valence-electron chi connectivity index (χ4n) is 3.80. The number of hydrogen-bond acceptors (Lipinski definition) is 7. The first kappa shape index (κ1) is 23.1. The number of piperidine rings is 1. The summed E-state index contributed by atoms with van der Waals surface area (Å²) in [4.78, 5) is 33.3. The van der Waals surface area contributed by atoms with Crippen molar-refractivity contribution in [2.24, 2.45) is 5.92 Å². The van der Waals surface area contributed by atoms with Crippen LogP contribution in [0.15, 0.2) is 46.3 Å². The molecule has 0 saturated carbocycles. The molecular formula is C24H29N5O3S. The molecule has 1 aliphatic heterocycles. The average Bonchev–Trinajstić information content (AvgIpc) is 3.45. The molecule has 2 aromatic heterocycles. The molecule has 0 aliphatic carbocycles. The van der Waals surface area contributed by atoms with Crippen LogP contribution in [-0.2, 0) is 11.3 Å². The Morgan fingerprint density at radius 3 is 2.61 bits per heavy atom. The summed E-state index contributed by atoms with van der Waals surface area (Å²) in [5.74, 6) is 0.839. The molecule has 0 bridgehead atoms. The standard InChI is InChI=1S/C24H29N5O3S/c1-24(2,3)27-23(31)17-7-4-5-8-18(17)25-22(30)16-10-12-29(13-11-16)15-20-26-21(28-32-20)19-9-6-14-33-19/h4-9,14,16H,10-13,15H2,1-3H3,(H,25,30)(H,27,31). The molecular weight excluding hydrogens is 438 g/mol. The zero-order valence-corrected chi connectivity index (χ0v) is 19.9. The maximum atomic E-state index is 12.9. The number of nitrogens with one attached hydrogen (secondary N) is 2. The summed E-state index contributed by atoms with van der Waals surface area (Å²) in [5.41, 5.74) is 0.652. The fraction of sp³-hybridized carbons (Fsp3) is 0.417. The SMILES string of the molecule is CC(C)(C)NC(=O)c1ccccc1NC(=O)C1CCN(Cc2nc(-c3cccs3)no2)CC1. The van der Waals surface area contributed by atoms with Crippen molar-refractivity contribution >= 4 is 28.8 Å². The van der Waals surface area contributed by atoms with Gasteiger partial charge in [-0.1, -0.05) is 23.4 Å². The van der Waals surface area contributed by atoms with Crippen LogP contribution < -0.4 is 10.6 Å². The number of benzene rings is 1. The van der Waals surface area contributed by atoms with Gasteiger partial charge in [0.1, 0.15) is 0 Å². The summed E-state index contributed by atoms with van der Waals surface area (Å²) in [6.07, 6.45) is 1.46. The highest BCUT2D eigenvalue weighted by molar-refractivity contribution is 7.13. The number of amides is 2. The highest BCUT2D eigenvalue weighted by atomic mass is 32.1. The molecule has 174 valence electrons. The van der Waals surface area contributed by atoms with Gasteiger partial charge in [-0.05, 0) is 70.3 Å². The van der Waals surface area contributed by atoms with Gasteiger partial charge in [0.25, 0.3) is 5.91 Å². The largest absolute Gasteiger partial charge is 0.347 e. The number of thiophene rings is 1. The smallest absolute Gasteiger partial charge is 0.253 e. The Labute approximate surface area is 197 Å². The average molecular weight is 468 g/mol. The van der Waals surface area contributed by atoms with E-state index in [9.17, 15) is 9.59 Å². The van der Waals surface area contributed by atoms with Crippen LogP contribution in [0.3, 0.4) is 0 Å².